The van der Waals surface area contributed by atoms with E-state index >= 15 is 0 Å². The topological polar surface area (TPSA) is 35.2 Å². The first-order valence-corrected chi connectivity index (χ1v) is 5.87. The van der Waals surface area contributed by atoms with Crippen molar-refractivity contribution in [1.29, 1.82) is 0 Å². The minimum absolute atomic E-state index is 0.253. The van der Waals surface area contributed by atoms with E-state index in [9.17, 15) is 4.39 Å². The van der Waals surface area contributed by atoms with Gasteiger partial charge in [-0.1, -0.05) is 36.4 Å². The largest absolute Gasteiger partial charge is 0.485 e. The molecule has 2 rings (SSSR count). The van der Waals surface area contributed by atoms with E-state index in [0.29, 0.717) is 12.2 Å². The van der Waals surface area contributed by atoms with Crippen molar-refractivity contribution in [2.45, 2.75) is 20.1 Å². The van der Waals surface area contributed by atoms with Gasteiger partial charge in [-0.15, -0.1) is 0 Å². The number of hydrogen-bond acceptors (Lipinski definition) is 2. The number of nitrogens with two attached hydrogens (primary N) is 1. The molecule has 0 unspecified atom stereocenters. The second-order valence-electron chi connectivity index (χ2n) is 4.15. The van der Waals surface area contributed by atoms with Gasteiger partial charge in [0.2, 0.25) is 0 Å². The number of halogens is 1. The van der Waals surface area contributed by atoms with Gasteiger partial charge in [-0.25, -0.2) is 4.39 Å². The fourth-order valence-electron chi connectivity index (χ4n) is 1.80. The Bertz CT molecular complexity index is 540. The van der Waals surface area contributed by atoms with Gasteiger partial charge in [-0.2, -0.15) is 0 Å². The molecule has 2 aromatic rings. The molecule has 18 heavy (non-hydrogen) atoms. The Labute approximate surface area is 106 Å². The molecule has 0 fully saturated rings. The molecule has 0 spiro atoms. The van der Waals surface area contributed by atoms with Crippen LogP contribution in [0.1, 0.15) is 16.7 Å². The molecule has 2 nitrogen and oxygen atoms in total. The van der Waals surface area contributed by atoms with Crippen LogP contribution in [0.4, 0.5) is 4.39 Å². The Kier molecular flexibility index (Phi) is 3.95. The summed E-state index contributed by atoms with van der Waals surface area (Å²) in [5.74, 6) is -0.116. The van der Waals surface area contributed by atoms with Gasteiger partial charge in [0.25, 0.3) is 0 Å². The zero-order valence-electron chi connectivity index (χ0n) is 10.3. The SMILES string of the molecule is Cc1ccccc1COc1c(F)cccc1CN. The average Bonchev–Trinajstić information content (AvgIpc) is 2.39. The van der Waals surface area contributed by atoms with Crippen LogP contribution in [0.15, 0.2) is 42.5 Å². The molecule has 94 valence electrons. The lowest BCUT2D eigenvalue weighted by molar-refractivity contribution is 0.286. The molecular weight excluding hydrogens is 229 g/mol. The lowest BCUT2D eigenvalue weighted by Crippen LogP contribution is -2.05. The third kappa shape index (κ3) is 2.68. The number of rotatable bonds is 4. The number of benzene rings is 2. The molecule has 0 aliphatic rings. The highest BCUT2D eigenvalue weighted by atomic mass is 19.1. The van der Waals surface area contributed by atoms with E-state index in [1.807, 2.05) is 31.2 Å². The lowest BCUT2D eigenvalue weighted by Gasteiger charge is -2.12. The highest BCUT2D eigenvalue weighted by Gasteiger charge is 2.09. The fourth-order valence-corrected chi connectivity index (χ4v) is 1.80. The van der Waals surface area contributed by atoms with Gasteiger partial charge in [0.1, 0.15) is 6.61 Å². The highest BCUT2D eigenvalue weighted by Crippen LogP contribution is 2.23. The first kappa shape index (κ1) is 12.6. The van der Waals surface area contributed by atoms with Gasteiger partial charge in [0.15, 0.2) is 11.6 Å². The summed E-state index contributed by atoms with van der Waals surface area (Å²) in [7, 11) is 0. The van der Waals surface area contributed by atoms with Gasteiger partial charge < -0.3 is 10.5 Å². The summed E-state index contributed by atoms with van der Waals surface area (Å²) in [5.41, 5.74) is 8.43. The number of para-hydroxylation sites is 1. The molecule has 3 heteroatoms. The predicted molar refractivity (Wildman–Crippen MR) is 69.8 cm³/mol. The van der Waals surface area contributed by atoms with Gasteiger partial charge >= 0.3 is 0 Å². The molecule has 0 radical (unpaired) electrons. The maximum atomic E-state index is 13.7. The van der Waals surface area contributed by atoms with Crippen molar-refractivity contribution >= 4 is 0 Å². The molecule has 2 N–H and O–H groups in total. The van der Waals surface area contributed by atoms with Crippen LogP contribution >= 0.6 is 0 Å². The molecule has 0 saturated heterocycles. The minimum atomic E-state index is -0.369. The van der Waals surface area contributed by atoms with Crippen molar-refractivity contribution in [2.75, 3.05) is 0 Å². The van der Waals surface area contributed by atoms with Crippen LogP contribution in [-0.4, -0.2) is 0 Å². The summed E-state index contributed by atoms with van der Waals surface area (Å²) in [4.78, 5) is 0. The Morgan fingerprint density at radius 1 is 1.06 bits per heavy atom. The zero-order chi connectivity index (χ0) is 13.0. The summed E-state index contributed by atoms with van der Waals surface area (Å²) < 4.78 is 19.2. The molecule has 0 bridgehead atoms. The number of hydrogen-bond donors (Lipinski definition) is 1. The molecule has 0 aromatic heterocycles. The quantitative estimate of drug-likeness (QED) is 0.898. The maximum absolute atomic E-state index is 13.7. The van der Waals surface area contributed by atoms with E-state index in [4.69, 9.17) is 10.5 Å². The molecule has 0 heterocycles. The van der Waals surface area contributed by atoms with E-state index in [2.05, 4.69) is 0 Å². The van der Waals surface area contributed by atoms with E-state index < -0.39 is 0 Å². The smallest absolute Gasteiger partial charge is 0.165 e. The van der Waals surface area contributed by atoms with Gasteiger partial charge in [0.05, 0.1) is 0 Å². The zero-order valence-corrected chi connectivity index (χ0v) is 10.3. The van der Waals surface area contributed by atoms with E-state index in [1.54, 1.807) is 12.1 Å². The van der Waals surface area contributed by atoms with Crippen molar-refractivity contribution in [3.8, 4) is 5.75 Å². The van der Waals surface area contributed by atoms with Crippen LogP contribution in [0.3, 0.4) is 0 Å². The van der Waals surface area contributed by atoms with Gasteiger partial charge in [-0.3, -0.25) is 0 Å². The van der Waals surface area contributed by atoms with Gasteiger partial charge in [-0.05, 0) is 24.1 Å². The van der Waals surface area contributed by atoms with Crippen molar-refractivity contribution in [3.05, 3.63) is 65.0 Å². The van der Waals surface area contributed by atoms with Crippen molar-refractivity contribution in [3.63, 3.8) is 0 Å². The van der Waals surface area contributed by atoms with E-state index in [0.717, 1.165) is 11.1 Å². The monoisotopic (exact) mass is 245 g/mol. The molecule has 0 aliphatic heterocycles. The summed E-state index contributed by atoms with van der Waals surface area (Å²) in [6.45, 7) is 2.62. The Morgan fingerprint density at radius 3 is 2.50 bits per heavy atom. The second kappa shape index (κ2) is 5.65. The van der Waals surface area contributed by atoms with Crippen LogP contribution in [0.2, 0.25) is 0 Å². The Morgan fingerprint density at radius 2 is 1.78 bits per heavy atom. The molecule has 2 aromatic carbocycles. The molecule has 0 saturated carbocycles. The second-order valence-corrected chi connectivity index (χ2v) is 4.15. The maximum Gasteiger partial charge on any atom is 0.165 e. The normalized spacial score (nSPS) is 10.4. The van der Waals surface area contributed by atoms with Crippen LogP contribution in [0.25, 0.3) is 0 Å². The number of aryl methyl sites for hydroxylation is 1. The van der Waals surface area contributed by atoms with E-state index in [-0.39, 0.29) is 18.1 Å². The third-order valence-corrected chi connectivity index (χ3v) is 2.90. The van der Waals surface area contributed by atoms with Crippen molar-refractivity contribution < 1.29 is 9.13 Å². The Balaban J connectivity index is 2.18. The van der Waals surface area contributed by atoms with Crippen LogP contribution < -0.4 is 10.5 Å². The molecule has 0 amide bonds. The van der Waals surface area contributed by atoms with Crippen molar-refractivity contribution in [1.82, 2.24) is 0 Å². The fraction of sp³-hybridized carbons (Fsp3) is 0.200. The van der Waals surface area contributed by atoms with Crippen LogP contribution in [0.5, 0.6) is 5.75 Å². The van der Waals surface area contributed by atoms with E-state index in [1.165, 1.54) is 6.07 Å². The lowest BCUT2D eigenvalue weighted by atomic mass is 10.1. The first-order valence-electron chi connectivity index (χ1n) is 5.87. The molecule has 0 aliphatic carbocycles. The van der Waals surface area contributed by atoms with Crippen LogP contribution in [-0.2, 0) is 13.2 Å². The Hall–Kier alpha value is -1.87. The minimum Gasteiger partial charge on any atom is -0.485 e. The summed E-state index contributed by atoms with van der Waals surface area (Å²) in [6.07, 6.45) is 0. The third-order valence-electron chi connectivity index (χ3n) is 2.90. The first-order chi connectivity index (χ1) is 8.72. The predicted octanol–water partition coefficient (Wildman–Crippen LogP) is 3.17. The number of ether oxygens (including phenoxy) is 1. The molecular formula is C15H16FNO. The van der Waals surface area contributed by atoms with Gasteiger partial charge in [0, 0.05) is 12.1 Å². The standard InChI is InChI=1S/C15H16FNO/c1-11-5-2-3-6-13(11)10-18-15-12(9-17)7-4-8-14(15)16/h2-8H,9-10,17H2,1H3. The summed E-state index contributed by atoms with van der Waals surface area (Å²) in [6, 6.07) is 12.7. The van der Waals surface area contributed by atoms with Crippen molar-refractivity contribution in [2.24, 2.45) is 5.73 Å². The van der Waals surface area contributed by atoms with Crippen LogP contribution in [0, 0.1) is 12.7 Å². The average molecular weight is 245 g/mol. The highest BCUT2D eigenvalue weighted by molar-refractivity contribution is 5.35. The summed E-state index contributed by atoms with van der Waals surface area (Å²) >= 11 is 0. The molecule has 0 atom stereocenters. The summed E-state index contributed by atoms with van der Waals surface area (Å²) in [5, 5.41) is 0.